The SMILES string of the molecule is O=C(O)CCCCCCC(=O)NC1CCC(Cl)CC1O. The molecule has 116 valence electrons. The first-order chi connectivity index (χ1) is 9.49. The van der Waals surface area contributed by atoms with E-state index in [9.17, 15) is 14.7 Å². The average molecular weight is 306 g/mol. The first-order valence-electron chi connectivity index (χ1n) is 7.32. The molecule has 0 heterocycles. The fraction of sp³-hybridized carbons (Fsp3) is 0.857. The second-order valence-electron chi connectivity index (χ2n) is 5.46. The summed E-state index contributed by atoms with van der Waals surface area (Å²) in [5.41, 5.74) is 0. The van der Waals surface area contributed by atoms with Gasteiger partial charge in [0, 0.05) is 18.2 Å². The zero-order valence-corrected chi connectivity index (χ0v) is 12.4. The lowest BCUT2D eigenvalue weighted by Gasteiger charge is -2.31. The third kappa shape index (κ3) is 7.10. The Labute approximate surface area is 124 Å². The zero-order chi connectivity index (χ0) is 15.0. The molecule has 0 bridgehead atoms. The molecule has 1 amide bonds. The van der Waals surface area contributed by atoms with Crippen LogP contribution in [0.1, 0.15) is 57.8 Å². The average Bonchev–Trinajstić information content (AvgIpc) is 2.36. The Hall–Kier alpha value is -0.810. The maximum Gasteiger partial charge on any atom is 0.303 e. The van der Waals surface area contributed by atoms with Crippen LogP contribution in [-0.4, -0.2) is 39.6 Å². The summed E-state index contributed by atoms with van der Waals surface area (Å²) in [5, 5.41) is 21.2. The van der Waals surface area contributed by atoms with Gasteiger partial charge in [-0.15, -0.1) is 11.6 Å². The highest BCUT2D eigenvalue weighted by Crippen LogP contribution is 2.23. The van der Waals surface area contributed by atoms with Crippen LogP contribution in [0, 0.1) is 0 Å². The topological polar surface area (TPSA) is 86.6 Å². The molecule has 1 aliphatic rings. The molecule has 0 aromatic rings. The normalized spacial score (nSPS) is 26.2. The number of nitrogens with one attached hydrogen (secondary N) is 1. The summed E-state index contributed by atoms with van der Waals surface area (Å²) < 4.78 is 0. The molecule has 1 fully saturated rings. The Morgan fingerprint density at radius 2 is 1.75 bits per heavy atom. The Kier molecular flexibility index (Phi) is 7.92. The van der Waals surface area contributed by atoms with E-state index in [-0.39, 0.29) is 23.7 Å². The number of amides is 1. The number of carbonyl (C=O) groups is 2. The maximum atomic E-state index is 11.7. The third-order valence-electron chi connectivity index (χ3n) is 3.64. The van der Waals surface area contributed by atoms with Gasteiger partial charge in [-0.25, -0.2) is 0 Å². The summed E-state index contributed by atoms with van der Waals surface area (Å²) >= 11 is 5.95. The maximum absolute atomic E-state index is 11.7. The second kappa shape index (κ2) is 9.19. The van der Waals surface area contributed by atoms with Crippen molar-refractivity contribution in [1.29, 1.82) is 0 Å². The number of unbranched alkanes of at least 4 members (excludes halogenated alkanes) is 3. The van der Waals surface area contributed by atoms with E-state index < -0.39 is 12.1 Å². The second-order valence-corrected chi connectivity index (χ2v) is 6.08. The molecule has 0 spiro atoms. The number of carboxylic acid groups (broad SMARTS) is 1. The fourth-order valence-corrected chi connectivity index (χ4v) is 2.77. The van der Waals surface area contributed by atoms with Crippen molar-refractivity contribution < 1.29 is 19.8 Å². The Bertz CT molecular complexity index is 324. The molecular weight excluding hydrogens is 282 g/mol. The quantitative estimate of drug-likeness (QED) is 0.473. The molecule has 3 N–H and O–H groups in total. The molecule has 1 rings (SSSR count). The Morgan fingerprint density at radius 1 is 1.10 bits per heavy atom. The van der Waals surface area contributed by atoms with Crippen LogP contribution in [0.4, 0.5) is 0 Å². The van der Waals surface area contributed by atoms with E-state index in [1.54, 1.807) is 0 Å². The van der Waals surface area contributed by atoms with Gasteiger partial charge in [0.15, 0.2) is 0 Å². The van der Waals surface area contributed by atoms with Crippen molar-refractivity contribution in [3.63, 3.8) is 0 Å². The molecule has 3 unspecified atom stereocenters. The molecule has 3 atom stereocenters. The van der Waals surface area contributed by atoms with Crippen LogP contribution in [0.25, 0.3) is 0 Å². The van der Waals surface area contributed by atoms with Gasteiger partial charge in [-0.2, -0.15) is 0 Å². The number of hydrogen-bond acceptors (Lipinski definition) is 3. The lowest BCUT2D eigenvalue weighted by atomic mass is 9.92. The van der Waals surface area contributed by atoms with Gasteiger partial charge in [0.2, 0.25) is 5.91 Å². The Morgan fingerprint density at radius 3 is 2.35 bits per heavy atom. The van der Waals surface area contributed by atoms with Crippen molar-refractivity contribution in [2.45, 2.75) is 75.3 Å². The van der Waals surface area contributed by atoms with Gasteiger partial charge < -0.3 is 15.5 Å². The van der Waals surface area contributed by atoms with Crippen LogP contribution in [0.3, 0.4) is 0 Å². The summed E-state index contributed by atoms with van der Waals surface area (Å²) in [5.74, 6) is -0.813. The molecule has 5 nitrogen and oxygen atoms in total. The highest BCUT2D eigenvalue weighted by atomic mass is 35.5. The molecule has 0 radical (unpaired) electrons. The van der Waals surface area contributed by atoms with Crippen LogP contribution in [-0.2, 0) is 9.59 Å². The van der Waals surface area contributed by atoms with Crippen LogP contribution >= 0.6 is 11.6 Å². The third-order valence-corrected chi connectivity index (χ3v) is 4.04. The van der Waals surface area contributed by atoms with Crippen LogP contribution < -0.4 is 5.32 Å². The van der Waals surface area contributed by atoms with Gasteiger partial charge in [-0.3, -0.25) is 9.59 Å². The Balaban J connectivity index is 2.07. The minimum atomic E-state index is -0.772. The predicted octanol–water partition coefficient (Wildman–Crippen LogP) is 2.05. The number of carbonyl (C=O) groups excluding carboxylic acids is 1. The highest BCUT2D eigenvalue weighted by molar-refractivity contribution is 6.20. The minimum absolute atomic E-state index is 0.00684. The highest BCUT2D eigenvalue weighted by Gasteiger charge is 2.28. The van der Waals surface area contributed by atoms with E-state index in [0.29, 0.717) is 19.3 Å². The van der Waals surface area contributed by atoms with Crippen molar-refractivity contribution in [1.82, 2.24) is 5.32 Å². The lowest BCUT2D eigenvalue weighted by molar-refractivity contribution is -0.137. The molecule has 6 heteroatoms. The molecule has 1 saturated carbocycles. The molecule has 0 aromatic carbocycles. The summed E-state index contributed by atoms with van der Waals surface area (Å²) in [6.45, 7) is 0. The number of aliphatic hydroxyl groups is 1. The molecule has 0 saturated heterocycles. The first-order valence-corrected chi connectivity index (χ1v) is 7.76. The fourth-order valence-electron chi connectivity index (χ4n) is 2.46. The number of rotatable bonds is 8. The standard InChI is InChI=1S/C14H24ClNO4/c15-10-7-8-11(12(17)9-10)16-13(18)5-3-1-2-4-6-14(19)20/h10-12,17H,1-9H2,(H,16,18)(H,19,20). The summed E-state index contributed by atoms with van der Waals surface area (Å²) in [7, 11) is 0. The molecular formula is C14H24ClNO4. The largest absolute Gasteiger partial charge is 0.481 e. The summed E-state index contributed by atoms with van der Waals surface area (Å²) in [4.78, 5) is 22.0. The van der Waals surface area contributed by atoms with Gasteiger partial charge in [-0.1, -0.05) is 12.8 Å². The zero-order valence-electron chi connectivity index (χ0n) is 11.7. The van der Waals surface area contributed by atoms with E-state index in [4.69, 9.17) is 16.7 Å². The van der Waals surface area contributed by atoms with Crippen LogP contribution in [0.5, 0.6) is 0 Å². The van der Waals surface area contributed by atoms with E-state index in [1.165, 1.54) is 0 Å². The summed E-state index contributed by atoms with van der Waals surface area (Å²) in [6, 6.07) is -0.176. The van der Waals surface area contributed by atoms with Crippen molar-refractivity contribution in [3.8, 4) is 0 Å². The van der Waals surface area contributed by atoms with Gasteiger partial charge in [-0.05, 0) is 32.1 Å². The van der Waals surface area contributed by atoms with Crippen molar-refractivity contribution in [3.05, 3.63) is 0 Å². The predicted molar refractivity (Wildman–Crippen MR) is 76.8 cm³/mol. The number of aliphatic hydroxyl groups excluding tert-OH is 1. The summed E-state index contributed by atoms with van der Waals surface area (Å²) in [6.07, 6.45) is 5.26. The first kappa shape index (κ1) is 17.2. The molecule has 1 aliphatic carbocycles. The lowest BCUT2D eigenvalue weighted by Crippen LogP contribution is -2.47. The number of alkyl halides is 1. The molecule has 0 aromatic heterocycles. The minimum Gasteiger partial charge on any atom is -0.481 e. The van der Waals surface area contributed by atoms with Gasteiger partial charge in [0.25, 0.3) is 0 Å². The van der Waals surface area contributed by atoms with Crippen LogP contribution in [0.15, 0.2) is 0 Å². The molecule has 20 heavy (non-hydrogen) atoms. The smallest absolute Gasteiger partial charge is 0.303 e. The van der Waals surface area contributed by atoms with Gasteiger partial charge >= 0.3 is 5.97 Å². The number of aliphatic carboxylic acids is 1. The number of hydrogen-bond donors (Lipinski definition) is 3. The van der Waals surface area contributed by atoms with Gasteiger partial charge in [0.05, 0.1) is 12.1 Å². The van der Waals surface area contributed by atoms with E-state index in [2.05, 4.69) is 5.32 Å². The van der Waals surface area contributed by atoms with Crippen molar-refractivity contribution >= 4 is 23.5 Å². The molecule has 0 aliphatic heterocycles. The van der Waals surface area contributed by atoms with E-state index >= 15 is 0 Å². The van der Waals surface area contributed by atoms with E-state index in [1.807, 2.05) is 0 Å². The van der Waals surface area contributed by atoms with Gasteiger partial charge in [0.1, 0.15) is 0 Å². The van der Waals surface area contributed by atoms with E-state index in [0.717, 1.165) is 32.1 Å². The monoisotopic (exact) mass is 305 g/mol. The van der Waals surface area contributed by atoms with Crippen molar-refractivity contribution in [2.24, 2.45) is 0 Å². The van der Waals surface area contributed by atoms with Crippen LogP contribution in [0.2, 0.25) is 0 Å². The van der Waals surface area contributed by atoms with Crippen molar-refractivity contribution in [2.75, 3.05) is 0 Å². The number of halogens is 1. The number of carboxylic acids is 1.